The van der Waals surface area contributed by atoms with Crippen molar-refractivity contribution in [2.24, 2.45) is 5.14 Å². The first kappa shape index (κ1) is 20.7. The number of sulfonamides is 1. The lowest BCUT2D eigenvalue weighted by atomic mass is 10.2. The topological polar surface area (TPSA) is 75.4 Å². The molecule has 0 amide bonds. The minimum atomic E-state index is -4.41. The molecule has 5 nitrogen and oxygen atoms in total. The molecule has 1 aromatic rings. The van der Waals surface area contributed by atoms with Gasteiger partial charge in [-0.1, -0.05) is 25.5 Å². The predicted octanol–water partition coefficient (Wildman–Crippen LogP) is 2.37. The summed E-state index contributed by atoms with van der Waals surface area (Å²) in [6.45, 7) is 1.17. The molecule has 0 fully saturated rings. The van der Waals surface area contributed by atoms with Crippen molar-refractivity contribution >= 4 is 27.4 Å². The number of unbranched alkanes of at least 4 members (excludes halogenated alkanes) is 1. The SMILES string of the molecule is CCCCNC(=S)N(Cc1ccc(S(N)(=O)=O)cc1)CC(F)(F)F. The molecule has 3 N–H and O–H groups in total. The zero-order valence-electron chi connectivity index (χ0n) is 13.1. The molecule has 0 radical (unpaired) electrons. The molecule has 10 heteroatoms. The van der Waals surface area contributed by atoms with E-state index >= 15 is 0 Å². The molecular formula is C14H20F3N3O2S2. The van der Waals surface area contributed by atoms with Crippen LogP contribution in [0.5, 0.6) is 0 Å². The maximum absolute atomic E-state index is 12.8. The summed E-state index contributed by atoms with van der Waals surface area (Å²) in [5.41, 5.74) is 0.492. The number of rotatable bonds is 7. The first-order valence-electron chi connectivity index (χ1n) is 7.24. The maximum Gasteiger partial charge on any atom is 0.406 e. The number of nitrogens with zero attached hydrogens (tertiary/aromatic N) is 1. The molecule has 0 aliphatic heterocycles. The third kappa shape index (κ3) is 7.45. The Kier molecular flexibility index (Phi) is 7.43. The molecule has 1 rings (SSSR count). The minimum absolute atomic E-state index is 0.0105. The van der Waals surface area contributed by atoms with E-state index in [1.807, 2.05) is 6.92 Å². The van der Waals surface area contributed by atoms with Crippen LogP contribution in [0.3, 0.4) is 0 Å². The highest BCUT2D eigenvalue weighted by Crippen LogP contribution is 2.19. The van der Waals surface area contributed by atoms with E-state index in [2.05, 4.69) is 5.32 Å². The number of thiocarbonyl (C=S) groups is 1. The summed E-state index contributed by atoms with van der Waals surface area (Å²) < 4.78 is 60.7. The van der Waals surface area contributed by atoms with Crippen LogP contribution in [0.15, 0.2) is 29.2 Å². The van der Waals surface area contributed by atoms with Gasteiger partial charge in [-0.25, -0.2) is 13.6 Å². The molecule has 24 heavy (non-hydrogen) atoms. The summed E-state index contributed by atoms with van der Waals surface area (Å²) in [6.07, 6.45) is -2.72. The van der Waals surface area contributed by atoms with Crippen molar-refractivity contribution in [3.63, 3.8) is 0 Å². The van der Waals surface area contributed by atoms with Crippen LogP contribution in [-0.4, -0.2) is 37.7 Å². The Morgan fingerprint density at radius 2 is 1.88 bits per heavy atom. The van der Waals surface area contributed by atoms with Crippen molar-refractivity contribution in [3.05, 3.63) is 29.8 Å². The summed E-state index contributed by atoms with van der Waals surface area (Å²) in [7, 11) is -3.84. The van der Waals surface area contributed by atoms with Gasteiger partial charge in [0.2, 0.25) is 10.0 Å². The van der Waals surface area contributed by atoms with Crippen LogP contribution in [0.1, 0.15) is 25.3 Å². The van der Waals surface area contributed by atoms with Crippen LogP contribution in [0, 0.1) is 0 Å². The molecule has 0 unspecified atom stereocenters. The Bertz CT molecular complexity index is 646. The fourth-order valence-electron chi connectivity index (χ4n) is 1.90. The molecule has 0 aliphatic rings. The highest BCUT2D eigenvalue weighted by molar-refractivity contribution is 7.89. The van der Waals surface area contributed by atoms with Crippen molar-refractivity contribution in [3.8, 4) is 0 Å². The number of nitrogens with two attached hydrogens (primary N) is 1. The Hall–Kier alpha value is -1.39. The Balaban J connectivity index is 2.85. The number of halogens is 3. The predicted molar refractivity (Wildman–Crippen MR) is 89.8 cm³/mol. The van der Waals surface area contributed by atoms with E-state index in [0.717, 1.165) is 17.7 Å². The molecule has 0 saturated heterocycles. The van der Waals surface area contributed by atoms with Crippen molar-refractivity contribution in [2.45, 2.75) is 37.4 Å². The summed E-state index contributed by atoms with van der Waals surface area (Å²) in [5, 5.41) is 7.80. The third-order valence-corrected chi connectivity index (χ3v) is 4.42. The smallest absolute Gasteiger partial charge is 0.363 e. The van der Waals surface area contributed by atoms with Crippen LogP contribution in [0.2, 0.25) is 0 Å². The van der Waals surface area contributed by atoms with Gasteiger partial charge in [-0.15, -0.1) is 0 Å². The number of primary sulfonamides is 1. The van der Waals surface area contributed by atoms with Gasteiger partial charge in [0.25, 0.3) is 0 Å². The van der Waals surface area contributed by atoms with E-state index in [4.69, 9.17) is 17.4 Å². The fourth-order valence-corrected chi connectivity index (χ4v) is 2.65. The Morgan fingerprint density at radius 3 is 2.33 bits per heavy atom. The quantitative estimate of drug-likeness (QED) is 0.559. The van der Waals surface area contributed by atoms with Gasteiger partial charge in [0.05, 0.1) is 4.90 Å². The zero-order chi connectivity index (χ0) is 18.4. The van der Waals surface area contributed by atoms with Crippen molar-refractivity contribution < 1.29 is 21.6 Å². The van der Waals surface area contributed by atoms with Gasteiger partial charge in [0, 0.05) is 13.1 Å². The second-order valence-electron chi connectivity index (χ2n) is 5.25. The Morgan fingerprint density at radius 1 is 1.29 bits per heavy atom. The molecule has 0 saturated carbocycles. The number of hydrogen-bond donors (Lipinski definition) is 2. The van der Waals surface area contributed by atoms with Crippen LogP contribution < -0.4 is 10.5 Å². The molecule has 0 aromatic heterocycles. The molecule has 0 heterocycles. The summed E-state index contributed by atoms with van der Waals surface area (Å²) in [4.78, 5) is 0.897. The number of alkyl halides is 3. The molecule has 0 spiro atoms. The molecule has 0 bridgehead atoms. The first-order chi connectivity index (χ1) is 11.0. The minimum Gasteiger partial charge on any atom is -0.363 e. The lowest BCUT2D eigenvalue weighted by Gasteiger charge is -2.27. The summed E-state index contributed by atoms with van der Waals surface area (Å²) in [6, 6.07) is 5.34. The van der Waals surface area contributed by atoms with Crippen LogP contribution in [0.25, 0.3) is 0 Å². The normalized spacial score (nSPS) is 12.0. The molecule has 1 aromatic carbocycles. The molecule has 136 valence electrons. The largest absolute Gasteiger partial charge is 0.406 e. The lowest BCUT2D eigenvalue weighted by Crippen LogP contribution is -2.44. The number of nitrogens with one attached hydrogen (secondary N) is 1. The monoisotopic (exact) mass is 383 g/mol. The lowest BCUT2D eigenvalue weighted by molar-refractivity contribution is -0.138. The fraction of sp³-hybridized carbons (Fsp3) is 0.500. The average Bonchev–Trinajstić information content (AvgIpc) is 2.45. The highest BCUT2D eigenvalue weighted by Gasteiger charge is 2.31. The number of benzene rings is 1. The van der Waals surface area contributed by atoms with E-state index < -0.39 is 22.7 Å². The zero-order valence-corrected chi connectivity index (χ0v) is 14.8. The molecular weight excluding hydrogens is 363 g/mol. The second-order valence-corrected chi connectivity index (χ2v) is 7.19. The van der Waals surface area contributed by atoms with Gasteiger partial charge in [-0.05, 0) is 36.3 Å². The van der Waals surface area contributed by atoms with E-state index in [-0.39, 0.29) is 16.6 Å². The first-order valence-corrected chi connectivity index (χ1v) is 9.19. The van der Waals surface area contributed by atoms with Gasteiger partial charge < -0.3 is 10.2 Å². The molecule has 0 aliphatic carbocycles. The van der Waals surface area contributed by atoms with Gasteiger partial charge in [0.15, 0.2) is 5.11 Å². The average molecular weight is 383 g/mol. The van der Waals surface area contributed by atoms with E-state index in [1.54, 1.807) is 0 Å². The van der Waals surface area contributed by atoms with Crippen LogP contribution in [0.4, 0.5) is 13.2 Å². The number of hydrogen-bond acceptors (Lipinski definition) is 3. The van der Waals surface area contributed by atoms with Gasteiger partial charge in [-0.2, -0.15) is 13.2 Å². The van der Waals surface area contributed by atoms with E-state index in [0.29, 0.717) is 12.1 Å². The third-order valence-electron chi connectivity index (χ3n) is 3.09. The van der Waals surface area contributed by atoms with Gasteiger partial charge in [0.1, 0.15) is 6.54 Å². The van der Waals surface area contributed by atoms with Crippen molar-refractivity contribution in [2.75, 3.05) is 13.1 Å². The van der Waals surface area contributed by atoms with Gasteiger partial charge in [-0.3, -0.25) is 0 Å². The van der Waals surface area contributed by atoms with E-state index in [1.165, 1.54) is 24.3 Å². The highest BCUT2D eigenvalue weighted by atomic mass is 32.2. The second kappa shape index (κ2) is 8.63. The Labute approximate surface area is 145 Å². The standard InChI is InChI=1S/C14H20F3N3O2S2/c1-2-3-8-19-13(23)20(10-14(15,16)17)9-11-4-6-12(7-5-11)24(18,21)22/h4-7H,2-3,8-10H2,1H3,(H,19,23)(H2,18,21,22). The summed E-state index contributed by atoms with van der Waals surface area (Å²) >= 11 is 5.04. The van der Waals surface area contributed by atoms with Crippen molar-refractivity contribution in [1.82, 2.24) is 10.2 Å². The maximum atomic E-state index is 12.8. The van der Waals surface area contributed by atoms with Gasteiger partial charge >= 0.3 is 6.18 Å². The summed E-state index contributed by atoms with van der Waals surface area (Å²) in [5.74, 6) is 0. The van der Waals surface area contributed by atoms with Crippen molar-refractivity contribution in [1.29, 1.82) is 0 Å². The van der Waals surface area contributed by atoms with Crippen LogP contribution >= 0.6 is 12.2 Å². The van der Waals surface area contributed by atoms with Crippen LogP contribution in [-0.2, 0) is 16.6 Å². The van der Waals surface area contributed by atoms with E-state index in [9.17, 15) is 21.6 Å². The molecule has 0 atom stereocenters.